The number of amides is 1. The lowest BCUT2D eigenvalue weighted by molar-refractivity contribution is 0.144. The van der Waals surface area contributed by atoms with Crippen LogP contribution in [0.25, 0.3) is 21.9 Å². The highest BCUT2D eigenvalue weighted by Gasteiger charge is 2.27. The number of ether oxygens (including phenoxy) is 2. The molecule has 5 rings (SSSR count). The Bertz CT molecular complexity index is 1260. The molecule has 10 heteroatoms. The number of benzene rings is 1. The minimum absolute atomic E-state index is 0.0168. The topological polar surface area (TPSA) is 113 Å². The maximum absolute atomic E-state index is 14.8. The van der Waals surface area contributed by atoms with E-state index < -0.39 is 11.9 Å². The van der Waals surface area contributed by atoms with Gasteiger partial charge in [0.25, 0.3) is 0 Å². The zero-order chi connectivity index (χ0) is 20.7. The van der Waals surface area contributed by atoms with Crippen LogP contribution in [0.1, 0.15) is 6.42 Å². The van der Waals surface area contributed by atoms with Gasteiger partial charge >= 0.3 is 6.09 Å². The van der Waals surface area contributed by atoms with Gasteiger partial charge in [-0.3, -0.25) is 0 Å². The number of hydrogen-bond donors (Lipinski definition) is 2. The number of rotatable bonds is 4. The van der Waals surface area contributed by atoms with Gasteiger partial charge in [-0.1, -0.05) is 0 Å². The SMILES string of the molecule is O=C(O)N1CC[C@H](Oc2ccc3ncnc(Oc4ccc5[nH]ccc5c4F)c3n2)C1. The number of nitrogens with zero attached hydrogens (tertiary/aromatic N) is 4. The molecule has 1 fully saturated rings. The summed E-state index contributed by atoms with van der Waals surface area (Å²) in [4.78, 5) is 28.0. The molecule has 1 atom stereocenters. The van der Waals surface area contributed by atoms with Crippen molar-refractivity contribution in [2.24, 2.45) is 0 Å². The number of hydrogen-bond acceptors (Lipinski definition) is 6. The lowest BCUT2D eigenvalue weighted by atomic mass is 10.2. The molecule has 0 aliphatic carbocycles. The molecule has 1 aliphatic rings. The van der Waals surface area contributed by atoms with E-state index in [0.717, 1.165) is 0 Å². The van der Waals surface area contributed by atoms with Crippen molar-refractivity contribution in [2.75, 3.05) is 13.1 Å². The fourth-order valence-corrected chi connectivity index (χ4v) is 3.47. The number of fused-ring (bicyclic) bond motifs is 2. The van der Waals surface area contributed by atoms with Crippen molar-refractivity contribution in [1.82, 2.24) is 24.8 Å². The average molecular weight is 409 g/mol. The first-order chi connectivity index (χ1) is 14.6. The van der Waals surface area contributed by atoms with E-state index >= 15 is 0 Å². The highest BCUT2D eigenvalue weighted by molar-refractivity contribution is 5.83. The van der Waals surface area contributed by atoms with Crippen LogP contribution in [0.4, 0.5) is 9.18 Å². The Morgan fingerprint density at radius 3 is 2.97 bits per heavy atom. The fraction of sp³-hybridized carbons (Fsp3) is 0.200. The highest BCUT2D eigenvalue weighted by atomic mass is 19.1. The molecule has 2 N–H and O–H groups in total. The summed E-state index contributed by atoms with van der Waals surface area (Å²) in [6.45, 7) is 0.678. The number of aromatic amines is 1. The second-order valence-electron chi connectivity index (χ2n) is 6.87. The number of carboxylic acid groups (broad SMARTS) is 1. The summed E-state index contributed by atoms with van der Waals surface area (Å²) >= 11 is 0. The molecule has 1 aliphatic heterocycles. The van der Waals surface area contributed by atoms with Gasteiger partial charge in [0, 0.05) is 36.1 Å². The predicted octanol–water partition coefficient (Wildman–Crippen LogP) is 3.57. The van der Waals surface area contributed by atoms with E-state index in [2.05, 4.69) is 19.9 Å². The van der Waals surface area contributed by atoms with E-state index in [1.807, 2.05) is 0 Å². The summed E-state index contributed by atoms with van der Waals surface area (Å²) in [5.41, 5.74) is 1.49. The summed E-state index contributed by atoms with van der Waals surface area (Å²) in [6.07, 6.45) is 2.26. The van der Waals surface area contributed by atoms with Crippen LogP contribution in [0.5, 0.6) is 17.5 Å². The van der Waals surface area contributed by atoms with E-state index in [-0.39, 0.29) is 24.3 Å². The summed E-state index contributed by atoms with van der Waals surface area (Å²) < 4.78 is 26.3. The molecule has 0 radical (unpaired) electrons. The summed E-state index contributed by atoms with van der Waals surface area (Å²) in [6, 6.07) is 8.20. The maximum atomic E-state index is 14.8. The van der Waals surface area contributed by atoms with Gasteiger partial charge in [-0.2, -0.15) is 4.98 Å². The third-order valence-corrected chi connectivity index (χ3v) is 4.97. The second-order valence-corrected chi connectivity index (χ2v) is 6.87. The number of pyridine rings is 1. The predicted molar refractivity (Wildman–Crippen MR) is 104 cm³/mol. The number of likely N-dealkylation sites (tertiary alicyclic amines) is 1. The van der Waals surface area contributed by atoms with Gasteiger partial charge in [0.2, 0.25) is 11.8 Å². The normalized spacial score (nSPS) is 16.3. The summed E-state index contributed by atoms with van der Waals surface area (Å²) in [7, 11) is 0. The van der Waals surface area contributed by atoms with Crippen LogP contribution >= 0.6 is 0 Å². The number of carbonyl (C=O) groups is 1. The minimum Gasteiger partial charge on any atom is -0.472 e. The largest absolute Gasteiger partial charge is 0.472 e. The monoisotopic (exact) mass is 409 g/mol. The molecule has 0 unspecified atom stereocenters. The van der Waals surface area contributed by atoms with Crippen LogP contribution in [-0.4, -0.2) is 55.2 Å². The maximum Gasteiger partial charge on any atom is 0.407 e. The Balaban J connectivity index is 1.44. The Labute approximate surface area is 169 Å². The van der Waals surface area contributed by atoms with E-state index in [9.17, 15) is 9.18 Å². The Morgan fingerprint density at radius 1 is 1.23 bits per heavy atom. The highest BCUT2D eigenvalue weighted by Crippen LogP contribution is 2.32. The lowest BCUT2D eigenvalue weighted by Gasteiger charge is -2.14. The third kappa shape index (κ3) is 3.21. The molecule has 4 heterocycles. The quantitative estimate of drug-likeness (QED) is 0.530. The standard InChI is InChI=1S/C20H16FN5O4/c21-17-12-5-7-22-13(12)1-3-15(17)30-19-18-14(23-10-24-19)2-4-16(25-18)29-11-6-8-26(9-11)20(27)28/h1-5,7,10-11,22H,6,8-9H2,(H,27,28)/t11-/m0/s1. The van der Waals surface area contributed by atoms with Crippen molar-refractivity contribution in [3.8, 4) is 17.5 Å². The van der Waals surface area contributed by atoms with Gasteiger partial charge in [0.15, 0.2) is 17.1 Å². The first-order valence-electron chi connectivity index (χ1n) is 9.28. The molecule has 0 spiro atoms. The zero-order valence-corrected chi connectivity index (χ0v) is 15.6. The zero-order valence-electron chi connectivity index (χ0n) is 15.6. The van der Waals surface area contributed by atoms with Gasteiger partial charge in [-0.15, -0.1) is 0 Å². The van der Waals surface area contributed by atoms with E-state index in [0.29, 0.717) is 40.8 Å². The number of H-pyrrole nitrogens is 1. The van der Waals surface area contributed by atoms with Crippen molar-refractivity contribution in [3.05, 3.63) is 48.7 Å². The van der Waals surface area contributed by atoms with Gasteiger partial charge in [0.05, 0.1) is 12.1 Å². The fourth-order valence-electron chi connectivity index (χ4n) is 3.47. The third-order valence-electron chi connectivity index (χ3n) is 4.97. The van der Waals surface area contributed by atoms with Gasteiger partial charge in [0.1, 0.15) is 12.4 Å². The van der Waals surface area contributed by atoms with Crippen LogP contribution in [-0.2, 0) is 0 Å². The molecule has 1 amide bonds. The van der Waals surface area contributed by atoms with E-state index in [1.54, 1.807) is 30.5 Å². The molecule has 1 saturated heterocycles. The minimum atomic E-state index is -0.974. The molecular formula is C20H16FN5O4. The lowest BCUT2D eigenvalue weighted by Crippen LogP contribution is -2.29. The van der Waals surface area contributed by atoms with E-state index in [4.69, 9.17) is 14.6 Å². The van der Waals surface area contributed by atoms with Gasteiger partial charge < -0.3 is 24.5 Å². The number of nitrogens with one attached hydrogen (secondary N) is 1. The molecule has 4 aromatic rings. The van der Waals surface area contributed by atoms with Crippen LogP contribution in [0.3, 0.4) is 0 Å². The van der Waals surface area contributed by atoms with Crippen LogP contribution in [0.2, 0.25) is 0 Å². The summed E-state index contributed by atoms with van der Waals surface area (Å²) in [5, 5.41) is 9.49. The summed E-state index contributed by atoms with van der Waals surface area (Å²) in [5.74, 6) is -0.102. The Morgan fingerprint density at radius 2 is 2.13 bits per heavy atom. The van der Waals surface area contributed by atoms with Crippen LogP contribution in [0, 0.1) is 5.82 Å². The molecule has 9 nitrogen and oxygen atoms in total. The second kappa shape index (κ2) is 7.14. The van der Waals surface area contributed by atoms with Gasteiger partial charge in [-0.25, -0.2) is 19.2 Å². The average Bonchev–Trinajstić information content (AvgIpc) is 3.40. The van der Waals surface area contributed by atoms with Crippen molar-refractivity contribution in [1.29, 1.82) is 0 Å². The molecule has 3 aromatic heterocycles. The van der Waals surface area contributed by atoms with Crippen molar-refractivity contribution in [3.63, 3.8) is 0 Å². The van der Waals surface area contributed by atoms with Crippen LogP contribution < -0.4 is 9.47 Å². The molecular weight excluding hydrogens is 393 g/mol. The van der Waals surface area contributed by atoms with Gasteiger partial charge in [-0.05, 0) is 24.3 Å². The van der Waals surface area contributed by atoms with Crippen molar-refractivity contribution in [2.45, 2.75) is 12.5 Å². The molecule has 0 bridgehead atoms. The molecule has 0 saturated carbocycles. The van der Waals surface area contributed by atoms with E-state index in [1.165, 1.54) is 17.3 Å². The number of aromatic nitrogens is 4. The first-order valence-corrected chi connectivity index (χ1v) is 9.28. The molecule has 1 aromatic carbocycles. The van der Waals surface area contributed by atoms with Crippen molar-refractivity contribution < 1.29 is 23.8 Å². The smallest absolute Gasteiger partial charge is 0.407 e. The number of halogens is 1. The molecule has 30 heavy (non-hydrogen) atoms. The Kier molecular flexibility index (Phi) is 4.31. The van der Waals surface area contributed by atoms with Crippen LogP contribution in [0.15, 0.2) is 42.9 Å². The molecule has 152 valence electrons. The van der Waals surface area contributed by atoms with Crippen molar-refractivity contribution >= 4 is 28.0 Å². The Hall–Kier alpha value is -3.95. The first kappa shape index (κ1) is 18.1.